The first-order valence-electron chi connectivity index (χ1n) is 6.78. The zero-order valence-corrected chi connectivity index (χ0v) is 12.9. The first-order valence-corrected chi connectivity index (χ1v) is 7.58. The molecule has 2 N–H and O–H groups in total. The zero-order valence-electron chi connectivity index (χ0n) is 11.3. The van der Waals surface area contributed by atoms with E-state index in [4.69, 9.17) is 5.73 Å². The highest BCUT2D eigenvalue weighted by atomic mass is 79.9. The summed E-state index contributed by atoms with van der Waals surface area (Å²) in [7, 11) is 2.21. The van der Waals surface area contributed by atoms with Crippen LogP contribution in [0.15, 0.2) is 22.7 Å². The third kappa shape index (κ3) is 3.56. The summed E-state index contributed by atoms with van der Waals surface area (Å²) < 4.78 is 1.26. The minimum absolute atomic E-state index is 0.228. The van der Waals surface area contributed by atoms with Crippen molar-refractivity contribution in [1.82, 2.24) is 4.90 Å². The summed E-state index contributed by atoms with van der Waals surface area (Å²) in [4.78, 5) is 2.41. The van der Waals surface area contributed by atoms with E-state index < -0.39 is 0 Å². The molecule has 1 aromatic rings. The van der Waals surface area contributed by atoms with Crippen molar-refractivity contribution in [3.63, 3.8) is 0 Å². The number of piperidine rings is 1. The number of hydrogen-bond acceptors (Lipinski definition) is 2. The smallest absolute Gasteiger partial charge is 0.0212 e. The van der Waals surface area contributed by atoms with Crippen molar-refractivity contribution in [3.8, 4) is 0 Å². The third-order valence-electron chi connectivity index (χ3n) is 3.78. The molecule has 1 aliphatic rings. The quantitative estimate of drug-likeness (QED) is 0.929. The van der Waals surface area contributed by atoms with Gasteiger partial charge in [-0.25, -0.2) is 0 Å². The summed E-state index contributed by atoms with van der Waals surface area (Å²) in [5.41, 5.74) is 8.65. The molecule has 0 radical (unpaired) electrons. The fourth-order valence-corrected chi connectivity index (χ4v) is 3.47. The molecule has 2 rings (SSSR count). The van der Waals surface area contributed by atoms with Crippen molar-refractivity contribution in [2.75, 3.05) is 20.1 Å². The van der Waals surface area contributed by atoms with Gasteiger partial charge in [-0.3, -0.25) is 0 Å². The Bertz CT molecular complexity index is 395. The SMILES string of the molecule is CC(N)Cc1ccc(C2CCN(C)CC2)c(Br)c1. The van der Waals surface area contributed by atoms with Crippen molar-refractivity contribution in [1.29, 1.82) is 0 Å². The Hall–Kier alpha value is -0.380. The summed E-state index contributed by atoms with van der Waals surface area (Å²) in [5.74, 6) is 0.708. The number of halogens is 1. The van der Waals surface area contributed by atoms with E-state index in [2.05, 4.69) is 53.0 Å². The number of nitrogens with two attached hydrogens (primary N) is 1. The molecule has 100 valence electrons. The maximum absolute atomic E-state index is 5.85. The van der Waals surface area contributed by atoms with Gasteiger partial charge in [-0.1, -0.05) is 28.1 Å². The largest absolute Gasteiger partial charge is 0.328 e. The molecular weight excluding hydrogens is 288 g/mol. The highest BCUT2D eigenvalue weighted by Gasteiger charge is 2.20. The number of nitrogens with zero attached hydrogens (tertiary/aromatic N) is 1. The zero-order chi connectivity index (χ0) is 13.1. The Balaban J connectivity index is 2.09. The Kier molecular flexibility index (Phi) is 4.82. The molecule has 0 aliphatic carbocycles. The Morgan fingerprint density at radius 3 is 2.61 bits per heavy atom. The Labute approximate surface area is 119 Å². The summed E-state index contributed by atoms with van der Waals surface area (Å²) in [6.45, 7) is 4.47. The van der Waals surface area contributed by atoms with Crippen LogP contribution in [0.2, 0.25) is 0 Å². The summed E-state index contributed by atoms with van der Waals surface area (Å²) in [6.07, 6.45) is 3.48. The molecule has 0 spiro atoms. The summed E-state index contributed by atoms with van der Waals surface area (Å²) in [5, 5.41) is 0. The highest BCUT2D eigenvalue weighted by molar-refractivity contribution is 9.10. The molecule has 1 fully saturated rings. The van der Waals surface area contributed by atoms with Crippen LogP contribution in [0.1, 0.15) is 36.8 Å². The van der Waals surface area contributed by atoms with Crippen LogP contribution in [0.25, 0.3) is 0 Å². The topological polar surface area (TPSA) is 29.3 Å². The Morgan fingerprint density at radius 2 is 2.06 bits per heavy atom. The second-order valence-corrected chi connectivity index (χ2v) is 6.47. The molecule has 0 amide bonds. The maximum Gasteiger partial charge on any atom is 0.0212 e. The van der Waals surface area contributed by atoms with Gasteiger partial charge in [0.2, 0.25) is 0 Å². The predicted octanol–water partition coefficient (Wildman–Crippen LogP) is 3.15. The number of hydrogen-bond donors (Lipinski definition) is 1. The molecule has 1 unspecified atom stereocenters. The molecule has 18 heavy (non-hydrogen) atoms. The fourth-order valence-electron chi connectivity index (χ4n) is 2.72. The molecule has 0 saturated carbocycles. The molecule has 1 aliphatic heterocycles. The van der Waals surface area contributed by atoms with Crippen LogP contribution in [0.4, 0.5) is 0 Å². The molecule has 1 heterocycles. The lowest BCUT2D eigenvalue weighted by Crippen LogP contribution is -2.29. The van der Waals surface area contributed by atoms with Crippen LogP contribution in [0, 0.1) is 0 Å². The molecule has 2 nitrogen and oxygen atoms in total. The third-order valence-corrected chi connectivity index (χ3v) is 4.47. The lowest BCUT2D eigenvalue weighted by molar-refractivity contribution is 0.255. The van der Waals surface area contributed by atoms with Gasteiger partial charge in [0.05, 0.1) is 0 Å². The normalized spacial score (nSPS) is 20.0. The van der Waals surface area contributed by atoms with E-state index in [0.717, 1.165) is 6.42 Å². The van der Waals surface area contributed by atoms with Crippen molar-refractivity contribution < 1.29 is 0 Å². The van der Waals surface area contributed by atoms with Gasteiger partial charge < -0.3 is 10.6 Å². The number of rotatable bonds is 3. The van der Waals surface area contributed by atoms with Crippen molar-refractivity contribution in [3.05, 3.63) is 33.8 Å². The van der Waals surface area contributed by atoms with E-state index in [1.165, 1.54) is 41.5 Å². The molecule has 1 atom stereocenters. The highest BCUT2D eigenvalue weighted by Crippen LogP contribution is 2.33. The first kappa shape index (κ1) is 14.0. The number of likely N-dealkylation sites (tertiary alicyclic amines) is 1. The lowest BCUT2D eigenvalue weighted by atomic mass is 9.89. The second-order valence-electron chi connectivity index (χ2n) is 5.61. The monoisotopic (exact) mass is 310 g/mol. The van der Waals surface area contributed by atoms with Gasteiger partial charge in [-0.05, 0) is 69.4 Å². The average molecular weight is 311 g/mol. The predicted molar refractivity (Wildman–Crippen MR) is 81.0 cm³/mol. The van der Waals surface area contributed by atoms with Crippen molar-refractivity contribution in [2.24, 2.45) is 5.73 Å². The fraction of sp³-hybridized carbons (Fsp3) is 0.600. The van der Waals surface area contributed by atoms with E-state index in [1.54, 1.807) is 0 Å². The second kappa shape index (κ2) is 6.18. The molecule has 0 bridgehead atoms. The molecule has 1 aromatic carbocycles. The van der Waals surface area contributed by atoms with Gasteiger partial charge in [-0.2, -0.15) is 0 Å². The van der Waals surface area contributed by atoms with E-state index in [-0.39, 0.29) is 6.04 Å². The van der Waals surface area contributed by atoms with E-state index >= 15 is 0 Å². The van der Waals surface area contributed by atoms with Crippen LogP contribution in [0.3, 0.4) is 0 Å². The number of benzene rings is 1. The van der Waals surface area contributed by atoms with Gasteiger partial charge in [-0.15, -0.1) is 0 Å². The van der Waals surface area contributed by atoms with Crippen LogP contribution in [-0.4, -0.2) is 31.1 Å². The van der Waals surface area contributed by atoms with Gasteiger partial charge in [0, 0.05) is 10.5 Å². The van der Waals surface area contributed by atoms with Crippen molar-refractivity contribution >= 4 is 15.9 Å². The first-order chi connectivity index (χ1) is 8.56. The van der Waals surface area contributed by atoms with Gasteiger partial charge in [0.25, 0.3) is 0 Å². The summed E-state index contributed by atoms with van der Waals surface area (Å²) in [6, 6.07) is 7.00. The molecule has 0 aromatic heterocycles. The van der Waals surface area contributed by atoms with Crippen molar-refractivity contribution in [2.45, 2.75) is 38.1 Å². The minimum atomic E-state index is 0.228. The van der Waals surface area contributed by atoms with E-state index in [1.807, 2.05) is 0 Å². The molecule has 3 heteroatoms. The molecular formula is C15H23BrN2. The molecule has 1 saturated heterocycles. The van der Waals surface area contributed by atoms with E-state index in [0.29, 0.717) is 5.92 Å². The Morgan fingerprint density at radius 1 is 1.39 bits per heavy atom. The average Bonchev–Trinajstić information content (AvgIpc) is 2.30. The lowest BCUT2D eigenvalue weighted by Gasteiger charge is -2.30. The minimum Gasteiger partial charge on any atom is -0.328 e. The van der Waals surface area contributed by atoms with Gasteiger partial charge >= 0.3 is 0 Å². The van der Waals surface area contributed by atoms with Gasteiger partial charge in [0.1, 0.15) is 0 Å². The maximum atomic E-state index is 5.85. The van der Waals surface area contributed by atoms with Crippen LogP contribution in [0.5, 0.6) is 0 Å². The summed E-state index contributed by atoms with van der Waals surface area (Å²) >= 11 is 3.73. The van der Waals surface area contributed by atoms with E-state index in [9.17, 15) is 0 Å². The van der Waals surface area contributed by atoms with Gasteiger partial charge in [0.15, 0.2) is 0 Å². The van der Waals surface area contributed by atoms with Crippen LogP contribution >= 0.6 is 15.9 Å². The van der Waals surface area contributed by atoms with Crippen LogP contribution < -0.4 is 5.73 Å². The van der Waals surface area contributed by atoms with Crippen LogP contribution in [-0.2, 0) is 6.42 Å². The standard InChI is InChI=1S/C15H23BrN2/c1-11(17)9-12-3-4-14(15(16)10-12)13-5-7-18(2)8-6-13/h3-4,10-11,13H,5-9,17H2,1-2H3.